The van der Waals surface area contributed by atoms with Gasteiger partial charge < -0.3 is 15.2 Å². The second kappa shape index (κ2) is 6.56. The van der Waals surface area contributed by atoms with E-state index in [4.69, 9.17) is 4.74 Å². The monoisotopic (exact) mass is 317 g/mol. The number of hydrogen-bond acceptors (Lipinski definition) is 3. The Morgan fingerprint density at radius 2 is 2.00 bits per heavy atom. The number of hydrogen-bond donors (Lipinski definition) is 2. The lowest BCUT2D eigenvalue weighted by molar-refractivity contribution is -0.137. The number of carbonyl (C=O) groups excluding carboxylic acids is 1. The van der Waals surface area contributed by atoms with Crippen molar-refractivity contribution in [2.75, 3.05) is 13.2 Å². The number of rotatable bonds is 6. The number of benzene rings is 1. The quantitative estimate of drug-likeness (QED) is 0.846. The molecular formula is C15H18F3NO3. The smallest absolute Gasteiger partial charge is 0.416 e. The minimum atomic E-state index is -4.39. The summed E-state index contributed by atoms with van der Waals surface area (Å²) in [6, 6.07) is 4.22. The van der Waals surface area contributed by atoms with Crippen molar-refractivity contribution in [1.29, 1.82) is 0 Å². The van der Waals surface area contributed by atoms with Crippen molar-refractivity contribution in [3.05, 3.63) is 29.8 Å². The highest BCUT2D eigenvalue weighted by Gasteiger charge is 2.38. The van der Waals surface area contributed by atoms with Crippen LogP contribution in [-0.2, 0) is 11.0 Å². The highest BCUT2D eigenvalue weighted by atomic mass is 19.4. The molecule has 0 bridgehead atoms. The number of halogens is 3. The molecule has 1 aromatic rings. The minimum Gasteiger partial charge on any atom is -0.491 e. The summed E-state index contributed by atoms with van der Waals surface area (Å²) in [5.74, 6) is 0.568. The van der Waals surface area contributed by atoms with Crippen molar-refractivity contribution in [2.24, 2.45) is 11.8 Å². The summed E-state index contributed by atoms with van der Waals surface area (Å²) in [7, 11) is 0. The SMILES string of the molecule is CC1CC1C(=O)NCC(O)COc1ccc(C(F)(F)F)cc1. The second-order valence-electron chi connectivity index (χ2n) is 5.55. The van der Waals surface area contributed by atoms with Crippen molar-refractivity contribution < 1.29 is 27.8 Å². The number of ether oxygens (including phenoxy) is 1. The van der Waals surface area contributed by atoms with Gasteiger partial charge in [-0.05, 0) is 36.6 Å². The standard InChI is InChI=1S/C15H18F3NO3/c1-9-6-13(9)14(21)19-7-11(20)8-22-12-4-2-10(3-5-12)15(16,17)18/h2-5,9,11,13,20H,6-8H2,1H3,(H,19,21). The van der Waals surface area contributed by atoms with Crippen molar-refractivity contribution in [3.63, 3.8) is 0 Å². The number of nitrogens with one attached hydrogen (secondary N) is 1. The van der Waals surface area contributed by atoms with Gasteiger partial charge in [-0.2, -0.15) is 13.2 Å². The Hall–Kier alpha value is -1.76. The van der Waals surface area contributed by atoms with Gasteiger partial charge in [0, 0.05) is 12.5 Å². The number of alkyl halides is 3. The molecule has 4 nitrogen and oxygen atoms in total. The average molecular weight is 317 g/mol. The molecule has 122 valence electrons. The molecule has 2 N–H and O–H groups in total. The van der Waals surface area contributed by atoms with Gasteiger partial charge in [0.15, 0.2) is 0 Å². The fourth-order valence-corrected chi connectivity index (χ4v) is 2.03. The zero-order valence-electron chi connectivity index (χ0n) is 12.1. The number of aliphatic hydroxyl groups is 1. The third kappa shape index (κ3) is 4.62. The first kappa shape index (κ1) is 16.6. The lowest BCUT2D eigenvalue weighted by Crippen LogP contribution is -2.36. The predicted octanol–water partition coefficient (Wildman–Crippen LogP) is 2.22. The van der Waals surface area contributed by atoms with E-state index in [9.17, 15) is 23.1 Å². The van der Waals surface area contributed by atoms with Gasteiger partial charge in [0.05, 0.1) is 5.56 Å². The van der Waals surface area contributed by atoms with Crippen LogP contribution in [-0.4, -0.2) is 30.3 Å². The Labute approximate surface area is 126 Å². The van der Waals surface area contributed by atoms with E-state index < -0.39 is 17.8 Å². The molecule has 1 aliphatic rings. The van der Waals surface area contributed by atoms with E-state index in [1.165, 1.54) is 12.1 Å². The van der Waals surface area contributed by atoms with Crippen molar-refractivity contribution in [1.82, 2.24) is 5.32 Å². The number of carbonyl (C=O) groups is 1. The molecule has 0 saturated heterocycles. The van der Waals surface area contributed by atoms with E-state index in [1.54, 1.807) is 0 Å². The molecule has 2 rings (SSSR count). The Balaban J connectivity index is 1.71. The molecule has 0 aromatic heterocycles. The molecule has 1 amide bonds. The van der Waals surface area contributed by atoms with Crippen LogP contribution >= 0.6 is 0 Å². The van der Waals surface area contributed by atoms with Crippen LogP contribution in [0.5, 0.6) is 5.75 Å². The summed E-state index contributed by atoms with van der Waals surface area (Å²) in [6.07, 6.45) is -4.44. The van der Waals surface area contributed by atoms with Crippen molar-refractivity contribution >= 4 is 5.91 Å². The van der Waals surface area contributed by atoms with E-state index in [0.29, 0.717) is 5.92 Å². The average Bonchev–Trinajstić information content (AvgIpc) is 3.19. The Bertz CT molecular complexity index is 516. The van der Waals surface area contributed by atoms with E-state index in [0.717, 1.165) is 18.6 Å². The first-order valence-corrected chi connectivity index (χ1v) is 7.03. The maximum atomic E-state index is 12.4. The zero-order valence-corrected chi connectivity index (χ0v) is 12.1. The van der Waals surface area contributed by atoms with Crippen LogP contribution in [0.3, 0.4) is 0 Å². The van der Waals surface area contributed by atoms with Crippen LogP contribution < -0.4 is 10.1 Å². The van der Waals surface area contributed by atoms with Crippen LogP contribution in [0.2, 0.25) is 0 Å². The third-order valence-electron chi connectivity index (χ3n) is 3.58. The Morgan fingerprint density at radius 3 is 2.50 bits per heavy atom. The fourth-order valence-electron chi connectivity index (χ4n) is 2.03. The van der Waals surface area contributed by atoms with Crippen LogP contribution in [0.4, 0.5) is 13.2 Å². The highest BCUT2D eigenvalue weighted by molar-refractivity contribution is 5.81. The summed E-state index contributed by atoms with van der Waals surface area (Å²) >= 11 is 0. The van der Waals surface area contributed by atoms with Gasteiger partial charge in [-0.15, -0.1) is 0 Å². The zero-order chi connectivity index (χ0) is 16.3. The largest absolute Gasteiger partial charge is 0.491 e. The molecule has 1 aromatic carbocycles. The van der Waals surface area contributed by atoms with Crippen molar-refractivity contribution in [3.8, 4) is 5.75 Å². The van der Waals surface area contributed by atoms with Gasteiger partial charge in [-0.25, -0.2) is 0 Å². The summed E-state index contributed by atoms with van der Waals surface area (Å²) in [6.45, 7) is 1.93. The summed E-state index contributed by atoms with van der Waals surface area (Å²) in [5, 5.41) is 12.3. The normalized spacial score (nSPS) is 22.0. The van der Waals surface area contributed by atoms with E-state index in [-0.39, 0.29) is 30.7 Å². The molecule has 0 heterocycles. The van der Waals surface area contributed by atoms with Crippen LogP contribution in [0, 0.1) is 11.8 Å². The van der Waals surface area contributed by atoms with Crippen LogP contribution in [0.1, 0.15) is 18.9 Å². The molecular weight excluding hydrogens is 299 g/mol. The topological polar surface area (TPSA) is 58.6 Å². The fraction of sp³-hybridized carbons (Fsp3) is 0.533. The third-order valence-corrected chi connectivity index (χ3v) is 3.58. The summed E-state index contributed by atoms with van der Waals surface area (Å²) in [5.41, 5.74) is -0.758. The molecule has 1 saturated carbocycles. The molecule has 1 fully saturated rings. The van der Waals surface area contributed by atoms with Gasteiger partial charge in [0.1, 0.15) is 18.5 Å². The van der Waals surface area contributed by atoms with Gasteiger partial charge in [-0.3, -0.25) is 4.79 Å². The molecule has 3 atom stereocenters. The van der Waals surface area contributed by atoms with Gasteiger partial charge in [-0.1, -0.05) is 6.92 Å². The summed E-state index contributed by atoms with van der Waals surface area (Å²) in [4.78, 5) is 11.6. The highest BCUT2D eigenvalue weighted by Crippen LogP contribution is 2.37. The molecule has 22 heavy (non-hydrogen) atoms. The summed E-state index contributed by atoms with van der Waals surface area (Å²) < 4.78 is 42.4. The lowest BCUT2D eigenvalue weighted by atomic mass is 10.2. The van der Waals surface area contributed by atoms with Crippen molar-refractivity contribution in [2.45, 2.75) is 25.6 Å². The molecule has 3 unspecified atom stereocenters. The van der Waals surface area contributed by atoms with E-state index >= 15 is 0 Å². The number of aliphatic hydroxyl groups excluding tert-OH is 1. The predicted molar refractivity (Wildman–Crippen MR) is 73.2 cm³/mol. The minimum absolute atomic E-state index is 0.0306. The molecule has 0 aliphatic heterocycles. The molecule has 7 heteroatoms. The maximum Gasteiger partial charge on any atom is 0.416 e. The molecule has 1 aliphatic carbocycles. The van der Waals surface area contributed by atoms with E-state index in [2.05, 4.69) is 5.32 Å². The van der Waals surface area contributed by atoms with Gasteiger partial charge in [0.2, 0.25) is 5.91 Å². The second-order valence-corrected chi connectivity index (χ2v) is 5.55. The van der Waals surface area contributed by atoms with Gasteiger partial charge in [0.25, 0.3) is 0 Å². The van der Waals surface area contributed by atoms with Crippen LogP contribution in [0.15, 0.2) is 24.3 Å². The van der Waals surface area contributed by atoms with Gasteiger partial charge >= 0.3 is 6.18 Å². The first-order valence-electron chi connectivity index (χ1n) is 7.03. The first-order chi connectivity index (χ1) is 10.3. The number of amides is 1. The Kier molecular flexibility index (Phi) is 4.95. The maximum absolute atomic E-state index is 12.4. The van der Waals surface area contributed by atoms with Crippen LogP contribution in [0.25, 0.3) is 0 Å². The lowest BCUT2D eigenvalue weighted by Gasteiger charge is -2.14. The molecule has 0 radical (unpaired) electrons. The van der Waals surface area contributed by atoms with E-state index in [1.807, 2.05) is 6.92 Å². The molecule has 0 spiro atoms. The Morgan fingerprint density at radius 1 is 1.41 bits per heavy atom.